The normalized spacial score (nSPS) is 27.7. The highest BCUT2D eigenvalue weighted by Gasteiger charge is 2.34. The lowest BCUT2D eigenvalue weighted by atomic mass is 9.81. The van der Waals surface area contributed by atoms with Crippen molar-refractivity contribution in [3.05, 3.63) is 47.2 Å². The highest BCUT2D eigenvalue weighted by Crippen LogP contribution is 2.40. The van der Waals surface area contributed by atoms with E-state index in [0.29, 0.717) is 17.9 Å². The first-order chi connectivity index (χ1) is 13.3. The molecule has 5 rings (SSSR count). The highest BCUT2D eigenvalue weighted by atomic mass is 15.2. The molecule has 1 aromatic carbocycles. The summed E-state index contributed by atoms with van der Waals surface area (Å²) in [6.07, 6.45) is 7.21. The van der Waals surface area contributed by atoms with Crippen molar-refractivity contribution in [3.63, 3.8) is 0 Å². The summed E-state index contributed by atoms with van der Waals surface area (Å²) in [5, 5.41) is 3.71. The summed E-state index contributed by atoms with van der Waals surface area (Å²) >= 11 is 0. The Bertz CT molecular complexity index is 806. The molecule has 2 saturated heterocycles. The SMILES string of the molecule is Nc1nc2c(c(N3CC[C@H]4NCCC[C@@H]4C3)n1)CCCC2c1ccccc1. The van der Waals surface area contributed by atoms with Crippen LogP contribution in [0.3, 0.4) is 0 Å². The van der Waals surface area contributed by atoms with Gasteiger partial charge < -0.3 is 16.0 Å². The number of fused-ring (bicyclic) bond motifs is 2. The molecule has 27 heavy (non-hydrogen) atoms. The van der Waals surface area contributed by atoms with Gasteiger partial charge in [-0.1, -0.05) is 30.3 Å². The summed E-state index contributed by atoms with van der Waals surface area (Å²) in [5.41, 5.74) is 10.1. The van der Waals surface area contributed by atoms with E-state index in [-0.39, 0.29) is 0 Å². The second-order valence-electron chi connectivity index (χ2n) is 8.32. The van der Waals surface area contributed by atoms with Crippen molar-refractivity contribution in [2.45, 2.75) is 50.5 Å². The summed E-state index contributed by atoms with van der Waals surface area (Å²) < 4.78 is 0. The van der Waals surface area contributed by atoms with Gasteiger partial charge >= 0.3 is 0 Å². The third-order valence-corrected chi connectivity index (χ3v) is 6.68. The number of piperidine rings is 2. The van der Waals surface area contributed by atoms with E-state index in [2.05, 4.69) is 40.5 Å². The van der Waals surface area contributed by atoms with Gasteiger partial charge in [0.25, 0.3) is 0 Å². The molecule has 3 heterocycles. The number of nitrogens with two attached hydrogens (primary N) is 1. The number of rotatable bonds is 2. The monoisotopic (exact) mass is 363 g/mol. The molecule has 0 amide bonds. The number of aromatic nitrogens is 2. The van der Waals surface area contributed by atoms with Crippen LogP contribution in [0.2, 0.25) is 0 Å². The maximum Gasteiger partial charge on any atom is 0.222 e. The maximum atomic E-state index is 6.20. The van der Waals surface area contributed by atoms with E-state index >= 15 is 0 Å². The molecule has 142 valence electrons. The minimum Gasteiger partial charge on any atom is -0.368 e. The van der Waals surface area contributed by atoms with Crippen LogP contribution >= 0.6 is 0 Å². The minimum absolute atomic E-state index is 0.341. The van der Waals surface area contributed by atoms with E-state index in [4.69, 9.17) is 15.7 Å². The number of hydrogen-bond acceptors (Lipinski definition) is 5. The zero-order chi connectivity index (χ0) is 18.2. The first-order valence-corrected chi connectivity index (χ1v) is 10.5. The fourth-order valence-corrected chi connectivity index (χ4v) is 5.36. The van der Waals surface area contributed by atoms with Gasteiger partial charge in [0.2, 0.25) is 5.95 Å². The zero-order valence-corrected chi connectivity index (χ0v) is 15.9. The molecule has 0 radical (unpaired) electrons. The fraction of sp³-hybridized carbons (Fsp3) is 0.545. The standard InChI is InChI=1S/C22H29N5/c23-22-25-20-17(15-6-2-1-3-7-15)9-4-10-18(20)21(26-22)27-13-11-19-16(14-27)8-5-12-24-19/h1-3,6-7,16-17,19,24H,4-5,8-14H2,(H2,23,25,26)/t16-,17?,19-/m1/s1. The number of anilines is 2. The van der Waals surface area contributed by atoms with Crippen molar-refractivity contribution in [1.82, 2.24) is 15.3 Å². The number of nitrogen functional groups attached to an aromatic ring is 1. The maximum absolute atomic E-state index is 6.20. The van der Waals surface area contributed by atoms with E-state index in [0.717, 1.165) is 37.7 Å². The number of nitrogens with one attached hydrogen (secondary N) is 1. The van der Waals surface area contributed by atoms with Crippen LogP contribution in [0.5, 0.6) is 0 Å². The van der Waals surface area contributed by atoms with Gasteiger partial charge in [-0.25, -0.2) is 4.98 Å². The minimum atomic E-state index is 0.341. The Morgan fingerprint density at radius 2 is 1.93 bits per heavy atom. The molecule has 3 N–H and O–H groups in total. The lowest BCUT2D eigenvalue weighted by Crippen LogP contribution is -2.52. The van der Waals surface area contributed by atoms with E-state index in [1.807, 2.05) is 0 Å². The van der Waals surface area contributed by atoms with Gasteiger partial charge in [0, 0.05) is 30.6 Å². The Hall–Kier alpha value is -2.14. The molecule has 1 aromatic heterocycles. The Labute approximate surface area is 161 Å². The van der Waals surface area contributed by atoms with E-state index < -0.39 is 0 Å². The van der Waals surface area contributed by atoms with Crippen molar-refractivity contribution in [1.29, 1.82) is 0 Å². The Balaban J connectivity index is 1.50. The molecular formula is C22H29N5. The highest BCUT2D eigenvalue weighted by molar-refractivity contribution is 5.55. The Morgan fingerprint density at radius 3 is 2.81 bits per heavy atom. The Kier molecular flexibility index (Phi) is 4.48. The predicted octanol–water partition coefficient (Wildman–Crippen LogP) is 3.11. The van der Waals surface area contributed by atoms with Gasteiger partial charge in [0.1, 0.15) is 5.82 Å². The van der Waals surface area contributed by atoms with Crippen molar-refractivity contribution in [3.8, 4) is 0 Å². The molecule has 2 aliphatic heterocycles. The van der Waals surface area contributed by atoms with Crippen molar-refractivity contribution in [2.24, 2.45) is 5.92 Å². The number of nitrogens with zero attached hydrogens (tertiary/aromatic N) is 3. The smallest absolute Gasteiger partial charge is 0.222 e. The van der Waals surface area contributed by atoms with Crippen LogP contribution in [0.4, 0.5) is 11.8 Å². The molecule has 1 unspecified atom stereocenters. The lowest BCUT2D eigenvalue weighted by molar-refractivity contribution is 0.243. The predicted molar refractivity (Wildman–Crippen MR) is 109 cm³/mol. The van der Waals surface area contributed by atoms with Crippen molar-refractivity contribution >= 4 is 11.8 Å². The fourth-order valence-electron chi connectivity index (χ4n) is 5.36. The third-order valence-electron chi connectivity index (χ3n) is 6.68. The van der Waals surface area contributed by atoms with Gasteiger partial charge in [0.05, 0.1) is 5.69 Å². The van der Waals surface area contributed by atoms with E-state index in [9.17, 15) is 0 Å². The van der Waals surface area contributed by atoms with Crippen LogP contribution < -0.4 is 16.0 Å². The molecule has 0 spiro atoms. The summed E-state index contributed by atoms with van der Waals surface area (Å²) in [5.74, 6) is 2.61. The van der Waals surface area contributed by atoms with E-state index in [1.54, 1.807) is 0 Å². The molecule has 0 saturated carbocycles. The molecule has 2 fully saturated rings. The van der Waals surface area contributed by atoms with Crippen molar-refractivity contribution in [2.75, 3.05) is 30.3 Å². The van der Waals surface area contributed by atoms with E-state index in [1.165, 1.54) is 49.0 Å². The first-order valence-electron chi connectivity index (χ1n) is 10.5. The molecule has 1 aliphatic carbocycles. The summed E-state index contributed by atoms with van der Waals surface area (Å²) in [4.78, 5) is 12.0. The largest absolute Gasteiger partial charge is 0.368 e. The average Bonchev–Trinajstić information content (AvgIpc) is 2.73. The van der Waals surface area contributed by atoms with Crippen LogP contribution in [-0.4, -0.2) is 35.6 Å². The molecule has 5 heteroatoms. The van der Waals surface area contributed by atoms with Crippen LogP contribution in [0, 0.1) is 5.92 Å². The molecule has 0 bridgehead atoms. The third kappa shape index (κ3) is 3.18. The molecule has 3 atom stereocenters. The lowest BCUT2D eigenvalue weighted by Gasteiger charge is -2.43. The van der Waals surface area contributed by atoms with Crippen LogP contribution in [0.1, 0.15) is 54.8 Å². The van der Waals surface area contributed by atoms with Crippen LogP contribution in [-0.2, 0) is 6.42 Å². The van der Waals surface area contributed by atoms with Crippen LogP contribution in [0.25, 0.3) is 0 Å². The first kappa shape index (κ1) is 17.0. The van der Waals surface area contributed by atoms with Gasteiger partial charge in [-0.15, -0.1) is 0 Å². The quantitative estimate of drug-likeness (QED) is 0.858. The van der Waals surface area contributed by atoms with Gasteiger partial charge in [-0.3, -0.25) is 0 Å². The molecule has 5 nitrogen and oxygen atoms in total. The number of hydrogen-bond donors (Lipinski definition) is 2. The van der Waals surface area contributed by atoms with Crippen LogP contribution in [0.15, 0.2) is 30.3 Å². The second kappa shape index (κ2) is 7.12. The Morgan fingerprint density at radius 1 is 1.04 bits per heavy atom. The topological polar surface area (TPSA) is 67.1 Å². The summed E-state index contributed by atoms with van der Waals surface area (Å²) in [7, 11) is 0. The number of benzene rings is 1. The van der Waals surface area contributed by atoms with Crippen molar-refractivity contribution < 1.29 is 0 Å². The average molecular weight is 364 g/mol. The molecule has 2 aromatic rings. The summed E-state index contributed by atoms with van der Waals surface area (Å²) in [6, 6.07) is 11.4. The van der Waals surface area contributed by atoms with Gasteiger partial charge in [-0.05, 0) is 56.6 Å². The molecular weight excluding hydrogens is 334 g/mol. The second-order valence-corrected chi connectivity index (χ2v) is 8.32. The molecule has 3 aliphatic rings. The summed E-state index contributed by atoms with van der Waals surface area (Å²) in [6.45, 7) is 3.33. The van der Waals surface area contributed by atoms with Gasteiger partial charge in [0.15, 0.2) is 0 Å². The zero-order valence-electron chi connectivity index (χ0n) is 15.9. The van der Waals surface area contributed by atoms with Gasteiger partial charge in [-0.2, -0.15) is 4.98 Å².